The monoisotopic (exact) mass is 289 g/mol. The van der Waals surface area contributed by atoms with Gasteiger partial charge >= 0.3 is 5.97 Å². The Morgan fingerprint density at radius 3 is 2.52 bits per heavy atom. The molecule has 6 heteroatoms. The zero-order valence-electron chi connectivity index (χ0n) is 12.1. The third-order valence-electron chi connectivity index (χ3n) is 2.79. The van der Waals surface area contributed by atoms with E-state index in [9.17, 15) is 9.18 Å². The number of anilines is 1. The van der Waals surface area contributed by atoms with E-state index in [0.717, 1.165) is 0 Å². The second kappa shape index (κ2) is 6.30. The molecule has 21 heavy (non-hydrogen) atoms. The number of ether oxygens (including phenoxy) is 1. The second-order valence-electron chi connectivity index (χ2n) is 4.55. The molecule has 1 aromatic carbocycles. The number of hydrogen-bond donors (Lipinski definition) is 0. The summed E-state index contributed by atoms with van der Waals surface area (Å²) in [4.78, 5) is 22.1. The Kier molecular flexibility index (Phi) is 4.47. The summed E-state index contributed by atoms with van der Waals surface area (Å²) >= 11 is 0. The Morgan fingerprint density at radius 1 is 1.29 bits per heavy atom. The molecule has 0 atom stereocenters. The van der Waals surface area contributed by atoms with Crippen molar-refractivity contribution in [1.82, 2.24) is 9.97 Å². The number of carbonyl (C=O) groups excluding carboxylic acids is 1. The van der Waals surface area contributed by atoms with Crippen molar-refractivity contribution in [2.45, 2.75) is 6.92 Å². The molecule has 0 amide bonds. The molecule has 0 radical (unpaired) electrons. The second-order valence-corrected chi connectivity index (χ2v) is 4.55. The zero-order valence-corrected chi connectivity index (χ0v) is 12.1. The molecular weight excluding hydrogens is 273 g/mol. The summed E-state index contributed by atoms with van der Waals surface area (Å²) in [6.45, 7) is 2.02. The molecule has 0 bridgehead atoms. The first-order valence-corrected chi connectivity index (χ1v) is 6.50. The van der Waals surface area contributed by atoms with Gasteiger partial charge in [0.2, 0.25) is 0 Å². The van der Waals surface area contributed by atoms with E-state index in [0.29, 0.717) is 22.8 Å². The number of carbonyl (C=O) groups is 1. The highest BCUT2D eigenvalue weighted by atomic mass is 19.1. The van der Waals surface area contributed by atoms with Crippen LogP contribution >= 0.6 is 0 Å². The molecule has 0 saturated carbocycles. The van der Waals surface area contributed by atoms with Crippen molar-refractivity contribution in [2.24, 2.45) is 0 Å². The van der Waals surface area contributed by atoms with E-state index in [1.807, 2.05) is 0 Å². The van der Waals surface area contributed by atoms with Crippen molar-refractivity contribution in [3.8, 4) is 11.4 Å². The fourth-order valence-corrected chi connectivity index (χ4v) is 1.80. The zero-order chi connectivity index (χ0) is 15.4. The van der Waals surface area contributed by atoms with Gasteiger partial charge in [-0.1, -0.05) is 0 Å². The molecule has 0 spiro atoms. The lowest BCUT2D eigenvalue weighted by atomic mass is 10.2. The lowest BCUT2D eigenvalue weighted by Crippen LogP contribution is -2.18. The van der Waals surface area contributed by atoms with Gasteiger partial charge in [-0.2, -0.15) is 0 Å². The van der Waals surface area contributed by atoms with Crippen LogP contribution in [0.2, 0.25) is 0 Å². The Bertz CT molecular complexity index is 642. The fraction of sp³-hybridized carbons (Fsp3) is 0.267. The van der Waals surface area contributed by atoms with Gasteiger partial charge < -0.3 is 9.64 Å². The molecule has 0 fully saturated rings. The molecule has 2 rings (SSSR count). The minimum Gasteiger partial charge on any atom is -0.462 e. The smallest absolute Gasteiger partial charge is 0.343 e. The highest BCUT2D eigenvalue weighted by Crippen LogP contribution is 2.22. The van der Waals surface area contributed by atoms with E-state index in [1.54, 1.807) is 38.1 Å². The molecule has 110 valence electrons. The number of esters is 1. The summed E-state index contributed by atoms with van der Waals surface area (Å²) < 4.78 is 17.9. The van der Waals surface area contributed by atoms with Gasteiger partial charge in [-0.05, 0) is 31.2 Å². The van der Waals surface area contributed by atoms with Gasteiger partial charge in [0, 0.05) is 25.9 Å². The van der Waals surface area contributed by atoms with E-state index in [4.69, 9.17) is 4.74 Å². The molecule has 1 heterocycles. The number of nitrogens with zero attached hydrogens (tertiary/aromatic N) is 3. The van der Waals surface area contributed by atoms with Crippen molar-refractivity contribution in [2.75, 3.05) is 25.6 Å². The van der Waals surface area contributed by atoms with Crippen LogP contribution in [0.3, 0.4) is 0 Å². The maximum atomic E-state index is 13.0. The van der Waals surface area contributed by atoms with Gasteiger partial charge in [-0.25, -0.2) is 19.2 Å². The molecule has 0 unspecified atom stereocenters. The Morgan fingerprint density at radius 2 is 1.95 bits per heavy atom. The highest BCUT2D eigenvalue weighted by Gasteiger charge is 2.17. The van der Waals surface area contributed by atoms with E-state index >= 15 is 0 Å². The van der Waals surface area contributed by atoms with Crippen LogP contribution in [0.15, 0.2) is 30.5 Å². The maximum Gasteiger partial charge on any atom is 0.343 e. The van der Waals surface area contributed by atoms with Gasteiger partial charge in [-0.3, -0.25) is 0 Å². The molecule has 0 aliphatic heterocycles. The number of benzene rings is 1. The number of aromatic nitrogens is 2. The average molecular weight is 289 g/mol. The minimum absolute atomic E-state index is 0.283. The SMILES string of the molecule is CCOC(=O)c1cnc(-c2ccc(F)cc2)nc1N(C)C. The number of hydrogen-bond acceptors (Lipinski definition) is 5. The summed E-state index contributed by atoms with van der Waals surface area (Å²) in [5.41, 5.74) is 0.975. The van der Waals surface area contributed by atoms with Crippen LogP contribution in [0.25, 0.3) is 11.4 Å². The first-order chi connectivity index (χ1) is 10.0. The van der Waals surface area contributed by atoms with Crippen LogP contribution in [-0.4, -0.2) is 36.6 Å². The first kappa shape index (κ1) is 14.9. The van der Waals surface area contributed by atoms with Crippen LogP contribution in [0.4, 0.5) is 10.2 Å². The number of halogens is 1. The first-order valence-electron chi connectivity index (χ1n) is 6.50. The van der Waals surface area contributed by atoms with Gasteiger partial charge in [0.05, 0.1) is 6.61 Å². The van der Waals surface area contributed by atoms with Crippen molar-refractivity contribution in [3.63, 3.8) is 0 Å². The van der Waals surface area contributed by atoms with Crippen LogP contribution < -0.4 is 4.90 Å². The van der Waals surface area contributed by atoms with E-state index in [-0.39, 0.29) is 12.4 Å². The molecule has 5 nitrogen and oxygen atoms in total. The van der Waals surface area contributed by atoms with Gasteiger partial charge in [0.15, 0.2) is 5.82 Å². The lowest BCUT2D eigenvalue weighted by molar-refractivity contribution is 0.0526. The van der Waals surface area contributed by atoms with Gasteiger partial charge in [0.25, 0.3) is 0 Å². The summed E-state index contributed by atoms with van der Waals surface area (Å²) in [6, 6.07) is 5.86. The molecule has 2 aromatic rings. The van der Waals surface area contributed by atoms with Crippen LogP contribution in [0.1, 0.15) is 17.3 Å². The molecular formula is C15H16FN3O2. The predicted molar refractivity (Wildman–Crippen MR) is 77.7 cm³/mol. The van der Waals surface area contributed by atoms with E-state index < -0.39 is 5.97 Å². The molecule has 0 N–H and O–H groups in total. The topological polar surface area (TPSA) is 55.3 Å². The summed E-state index contributed by atoms with van der Waals surface area (Å²) in [5.74, 6) is 0.0936. The third kappa shape index (κ3) is 3.34. The standard InChI is InChI=1S/C15H16FN3O2/c1-4-21-15(20)12-9-17-13(18-14(12)19(2)3)10-5-7-11(16)8-6-10/h5-9H,4H2,1-3H3. The third-order valence-corrected chi connectivity index (χ3v) is 2.79. The predicted octanol–water partition coefficient (Wildman–Crippen LogP) is 2.53. The molecule has 0 aliphatic rings. The lowest BCUT2D eigenvalue weighted by Gasteiger charge is -2.16. The van der Waals surface area contributed by atoms with Crippen LogP contribution in [0, 0.1) is 5.82 Å². The van der Waals surface area contributed by atoms with E-state index in [2.05, 4.69) is 9.97 Å². The largest absolute Gasteiger partial charge is 0.462 e. The van der Waals surface area contributed by atoms with Gasteiger partial charge in [-0.15, -0.1) is 0 Å². The van der Waals surface area contributed by atoms with Crippen LogP contribution in [-0.2, 0) is 4.74 Å². The van der Waals surface area contributed by atoms with Gasteiger partial charge in [0.1, 0.15) is 17.2 Å². The Hall–Kier alpha value is -2.50. The quantitative estimate of drug-likeness (QED) is 0.810. The normalized spacial score (nSPS) is 10.3. The maximum absolute atomic E-state index is 13.0. The fourth-order valence-electron chi connectivity index (χ4n) is 1.80. The average Bonchev–Trinajstić information content (AvgIpc) is 2.47. The molecule has 0 saturated heterocycles. The minimum atomic E-state index is -0.466. The van der Waals surface area contributed by atoms with Crippen molar-refractivity contribution in [3.05, 3.63) is 41.8 Å². The summed E-state index contributed by atoms with van der Waals surface area (Å²) in [5, 5.41) is 0. The molecule has 0 aliphatic carbocycles. The number of rotatable bonds is 4. The van der Waals surface area contributed by atoms with Crippen LogP contribution in [0.5, 0.6) is 0 Å². The van der Waals surface area contributed by atoms with E-state index in [1.165, 1.54) is 18.3 Å². The Labute approximate surface area is 122 Å². The van der Waals surface area contributed by atoms with Crippen molar-refractivity contribution < 1.29 is 13.9 Å². The van der Waals surface area contributed by atoms with Crippen molar-refractivity contribution >= 4 is 11.8 Å². The highest BCUT2D eigenvalue weighted by molar-refractivity contribution is 5.94. The van der Waals surface area contributed by atoms with Crippen molar-refractivity contribution in [1.29, 1.82) is 0 Å². The summed E-state index contributed by atoms with van der Waals surface area (Å²) in [6.07, 6.45) is 1.43. The Balaban J connectivity index is 2.45. The summed E-state index contributed by atoms with van der Waals surface area (Å²) in [7, 11) is 3.55. The molecule has 1 aromatic heterocycles.